The van der Waals surface area contributed by atoms with Crippen LogP contribution >= 0.6 is 23.1 Å². The molecule has 4 aromatic rings. The molecule has 0 amide bonds. The highest BCUT2D eigenvalue weighted by molar-refractivity contribution is 7.98. The van der Waals surface area contributed by atoms with Crippen molar-refractivity contribution in [2.75, 3.05) is 0 Å². The highest BCUT2D eigenvalue weighted by atomic mass is 32.2. The van der Waals surface area contributed by atoms with Gasteiger partial charge in [0.25, 0.3) is 11.1 Å². The van der Waals surface area contributed by atoms with Crippen LogP contribution in [0.15, 0.2) is 45.5 Å². The van der Waals surface area contributed by atoms with Gasteiger partial charge in [-0.2, -0.15) is 0 Å². The molecule has 5 nitrogen and oxygen atoms in total. The third-order valence-corrected chi connectivity index (χ3v) is 4.91. The molecule has 0 radical (unpaired) electrons. The Hall–Kier alpha value is -2.12. The minimum Gasteiger partial charge on any atom is -0.411 e. The SMILES string of the molecule is Cc1nc(CSc2nnc(-c3c[nH]c4ccccc34)o2)cs1. The minimum absolute atomic E-state index is 0.536. The summed E-state index contributed by atoms with van der Waals surface area (Å²) in [6.45, 7) is 2.00. The number of hydrogen-bond acceptors (Lipinski definition) is 6. The van der Waals surface area contributed by atoms with Crippen LogP contribution in [0.25, 0.3) is 22.4 Å². The van der Waals surface area contributed by atoms with Crippen molar-refractivity contribution in [3.05, 3.63) is 46.5 Å². The molecule has 0 atom stereocenters. The molecule has 1 N–H and O–H groups in total. The molecule has 0 saturated carbocycles. The molecule has 22 heavy (non-hydrogen) atoms. The van der Waals surface area contributed by atoms with Gasteiger partial charge in [-0.1, -0.05) is 30.0 Å². The molecule has 3 aromatic heterocycles. The fourth-order valence-electron chi connectivity index (χ4n) is 2.24. The van der Waals surface area contributed by atoms with Crippen LogP contribution in [0.3, 0.4) is 0 Å². The smallest absolute Gasteiger partial charge is 0.277 e. The first-order valence-electron chi connectivity index (χ1n) is 6.73. The molecule has 1 aromatic carbocycles. The third-order valence-electron chi connectivity index (χ3n) is 3.24. The maximum absolute atomic E-state index is 5.76. The second-order valence-corrected chi connectivity index (χ2v) is 6.76. The van der Waals surface area contributed by atoms with E-state index in [4.69, 9.17) is 4.42 Å². The molecule has 0 aliphatic rings. The molecule has 0 fully saturated rings. The first-order chi connectivity index (χ1) is 10.8. The summed E-state index contributed by atoms with van der Waals surface area (Å²) in [5.41, 5.74) is 3.03. The van der Waals surface area contributed by atoms with Crippen LogP contribution in [0, 0.1) is 6.92 Å². The Morgan fingerprint density at radius 1 is 1.27 bits per heavy atom. The summed E-state index contributed by atoms with van der Waals surface area (Å²) in [5, 5.41) is 13.0. The predicted molar refractivity (Wildman–Crippen MR) is 88.0 cm³/mol. The van der Waals surface area contributed by atoms with E-state index in [1.165, 1.54) is 11.8 Å². The molecule has 0 bridgehead atoms. The largest absolute Gasteiger partial charge is 0.411 e. The number of nitrogens with zero attached hydrogens (tertiary/aromatic N) is 3. The van der Waals surface area contributed by atoms with Crippen molar-refractivity contribution in [1.29, 1.82) is 0 Å². The second kappa shape index (κ2) is 5.58. The van der Waals surface area contributed by atoms with E-state index in [0.717, 1.165) is 32.9 Å². The van der Waals surface area contributed by atoms with Crippen molar-refractivity contribution in [1.82, 2.24) is 20.2 Å². The Balaban J connectivity index is 1.56. The summed E-state index contributed by atoms with van der Waals surface area (Å²) in [7, 11) is 0. The van der Waals surface area contributed by atoms with E-state index >= 15 is 0 Å². The zero-order chi connectivity index (χ0) is 14.9. The van der Waals surface area contributed by atoms with Gasteiger partial charge in [-0.25, -0.2) is 4.98 Å². The normalized spacial score (nSPS) is 11.3. The summed E-state index contributed by atoms with van der Waals surface area (Å²) >= 11 is 3.15. The van der Waals surface area contributed by atoms with Crippen LogP contribution in [0.1, 0.15) is 10.7 Å². The maximum atomic E-state index is 5.76. The standard InChI is InChI=1S/C15H12N4OS2/c1-9-17-10(7-21-9)8-22-15-19-18-14(20-15)12-6-16-13-5-3-2-4-11(12)13/h2-7,16H,8H2,1H3. The van der Waals surface area contributed by atoms with Gasteiger partial charge in [0.05, 0.1) is 16.3 Å². The molecule has 4 rings (SSSR count). The van der Waals surface area contributed by atoms with Gasteiger partial charge in [0, 0.05) is 28.2 Å². The van der Waals surface area contributed by atoms with Crippen LogP contribution in [-0.2, 0) is 5.75 Å². The summed E-state index contributed by atoms with van der Waals surface area (Å²) in [6.07, 6.45) is 1.90. The van der Waals surface area contributed by atoms with E-state index in [2.05, 4.69) is 25.5 Å². The molecule has 3 heterocycles. The van der Waals surface area contributed by atoms with Crippen molar-refractivity contribution in [3.63, 3.8) is 0 Å². The van der Waals surface area contributed by atoms with Gasteiger partial charge in [0.1, 0.15) is 0 Å². The van der Waals surface area contributed by atoms with E-state index in [-0.39, 0.29) is 0 Å². The van der Waals surface area contributed by atoms with E-state index in [0.29, 0.717) is 11.1 Å². The number of aromatic nitrogens is 4. The fraction of sp³-hybridized carbons (Fsp3) is 0.133. The van der Waals surface area contributed by atoms with Crippen LogP contribution in [0.2, 0.25) is 0 Å². The number of benzene rings is 1. The van der Waals surface area contributed by atoms with Gasteiger partial charge >= 0.3 is 0 Å². The minimum atomic E-state index is 0.536. The average molecular weight is 328 g/mol. The number of aryl methyl sites for hydroxylation is 1. The molecule has 0 unspecified atom stereocenters. The molecular formula is C15H12N4OS2. The van der Waals surface area contributed by atoms with Crippen molar-refractivity contribution in [3.8, 4) is 11.5 Å². The Labute approximate surface area is 134 Å². The van der Waals surface area contributed by atoms with Crippen molar-refractivity contribution >= 4 is 34.0 Å². The Bertz CT molecular complexity index is 924. The molecule has 0 aliphatic carbocycles. The monoisotopic (exact) mass is 328 g/mol. The van der Waals surface area contributed by atoms with Crippen LogP contribution in [0.5, 0.6) is 0 Å². The number of rotatable bonds is 4. The lowest BCUT2D eigenvalue weighted by Gasteiger charge is -1.93. The zero-order valence-corrected chi connectivity index (χ0v) is 13.4. The second-order valence-electron chi connectivity index (χ2n) is 4.77. The summed E-state index contributed by atoms with van der Waals surface area (Å²) in [6, 6.07) is 8.05. The van der Waals surface area contributed by atoms with Crippen LogP contribution in [0.4, 0.5) is 0 Å². The highest BCUT2D eigenvalue weighted by Crippen LogP contribution is 2.30. The lowest BCUT2D eigenvalue weighted by molar-refractivity contribution is 0.466. The topological polar surface area (TPSA) is 67.6 Å². The van der Waals surface area contributed by atoms with E-state index in [1.54, 1.807) is 11.3 Å². The number of fused-ring (bicyclic) bond motifs is 1. The molecule has 0 aliphatic heterocycles. The van der Waals surface area contributed by atoms with E-state index in [1.807, 2.05) is 37.4 Å². The molecular weight excluding hydrogens is 316 g/mol. The molecule has 7 heteroatoms. The van der Waals surface area contributed by atoms with Gasteiger partial charge in [-0.15, -0.1) is 21.5 Å². The Morgan fingerprint density at radius 3 is 3.05 bits per heavy atom. The highest BCUT2D eigenvalue weighted by Gasteiger charge is 2.13. The summed E-state index contributed by atoms with van der Waals surface area (Å²) < 4.78 is 5.76. The van der Waals surface area contributed by atoms with Crippen molar-refractivity contribution < 1.29 is 4.42 Å². The lowest BCUT2D eigenvalue weighted by Crippen LogP contribution is -1.80. The van der Waals surface area contributed by atoms with Crippen LogP contribution in [-0.4, -0.2) is 20.2 Å². The van der Waals surface area contributed by atoms with Crippen LogP contribution < -0.4 is 0 Å². The van der Waals surface area contributed by atoms with E-state index < -0.39 is 0 Å². The predicted octanol–water partition coefficient (Wildman–Crippen LogP) is 4.28. The average Bonchev–Trinajstić information content (AvgIpc) is 3.23. The van der Waals surface area contributed by atoms with Crippen molar-refractivity contribution in [2.24, 2.45) is 0 Å². The number of H-pyrrole nitrogens is 1. The Kier molecular flexibility index (Phi) is 3.44. The Morgan fingerprint density at radius 2 is 2.18 bits per heavy atom. The van der Waals surface area contributed by atoms with Gasteiger partial charge in [0.2, 0.25) is 0 Å². The first kappa shape index (κ1) is 13.5. The molecule has 110 valence electrons. The van der Waals surface area contributed by atoms with Crippen molar-refractivity contribution in [2.45, 2.75) is 17.9 Å². The van der Waals surface area contributed by atoms with E-state index in [9.17, 15) is 0 Å². The van der Waals surface area contributed by atoms with Gasteiger partial charge < -0.3 is 9.40 Å². The number of para-hydroxylation sites is 1. The number of aromatic amines is 1. The number of thiazole rings is 1. The number of thioether (sulfide) groups is 1. The fourth-order valence-corrected chi connectivity index (χ4v) is 3.61. The maximum Gasteiger partial charge on any atom is 0.277 e. The quantitative estimate of drug-likeness (QED) is 0.566. The van der Waals surface area contributed by atoms with Gasteiger partial charge in [0.15, 0.2) is 0 Å². The number of nitrogens with one attached hydrogen (secondary N) is 1. The molecule has 0 saturated heterocycles. The zero-order valence-electron chi connectivity index (χ0n) is 11.7. The van der Waals surface area contributed by atoms with Gasteiger partial charge in [-0.3, -0.25) is 0 Å². The summed E-state index contributed by atoms with van der Waals surface area (Å²) in [5.74, 6) is 1.27. The molecule has 0 spiro atoms. The summed E-state index contributed by atoms with van der Waals surface area (Å²) in [4.78, 5) is 7.64. The third kappa shape index (κ3) is 2.53. The lowest BCUT2D eigenvalue weighted by atomic mass is 10.2. The van der Waals surface area contributed by atoms with Gasteiger partial charge in [-0.05, 0) is 13.0 Å². The first-order valence-corrected chi connectivity index (χ1v) is 8.60. The number of hydrogen-bond donors (Lipinski definition) is 1.